The molecule has 0 aliphatic heterocycles. The lowest BCUT2D eigenvalue weighted by atomic mass is 9.99. The van der Waals surface area contributed by atoms with Gasteiger partial charge in [0, 0.05) is 17.1 Å². The number of hydrogen-bond donors (Lipinski definition) is 1. The zero-order valence-electron chi connectivity index (χ0n) is 11.8. The Morgan fingerprint density at radius 3 is 2.85 bits per heavy atom. The molecular weight excluding hydrogens is 248 g/mol. The molecule has 0 aliphatic rings. The van der Waals surface area contributed by atoms with Gasteiger partial charge in [-0.3, -0.25) is 4.98 Å². The number of pyridine rings is 1. The fourth-order valence-electron chi connectivity index (χ4n) is 2.55. The summed E-state index contributed by atoms with van der Waals surface area (Å²) in [5, 5.41) is 4.67. The van der Waals surface area contributed by atoms with E-state index in [1.54, 1.807) is 6.26 Å². The summed E-state index contributed by atoms with van der Waals surface area (Å²) in [7, 11) is 0. The highest BCUT2D eigenvalue weighted by Gasteiger charge is 2.17. The number of aryl methyl sites for hydroxylation is 1. The first-order chi connectivity index (χ1) is 9.79. The molecule has 3 aromatic rings. The summed E-state index contributed by atoms with van der Waals surface area (Å²) in [5.74, 6) is 0.948. The van der Waals surface area contributed by atoms with E-state index >= 15 is 0 Å². The van der Waals surface area contributed by atoms with Crippen LogP contribution >= 0.6 is 0 Å². The predicted octanol–water partition coefficient (Wildman–Crippen LogP) is 3.84. The van der Waals surface area contributed by atoms with Crippen molar-refractivity contribution >= 4 is 10.9 Å². The number of benzene rings is 1. The van der Waals surface area contributed by atoms with Gasteiger partial charge in [0.05, 0.1) is 17.8 Å². The topological polar surface area (TPSA) is 38.1 Å². The highest BCUT2D eigenvalue weighted by molar-refractivity contribution is 5.79. The molecular formula is C17H18N2O. The van der Waals surface area contributed by atoms with E-state index in [9.17, 15) is 0 Å². The first kappa shape index (κ1) is 12.9. The molecule has 0 spiro atoms. The summed E-state index contributed by atoms with van der Waals surface area (Å²) in [5.41, 5.74) is 3.36. The molecule has 1 atom stereocenters. The number of hydrogen-bond acceptors (Lipinski definition) is 3. The molecule has 1 N–H and O–H groups in total. The minimum Gasteiger partial charge on any atom is -0.469 e. The van der Waals surface area contributed by atoms with E-state index in [-0.39, 0.29) is 6.04 Å². The first-order valence-electron chi connectivity index (χ1n) is 6.91. The fraction of sp³-hybridized carbons (Fsp3) is 0.235. The van der Waals surface area contributed by atoms with E-state index in [0.717, 1.165) is 28.8 Å². The Kier molecular flexibility index (Phi) is 3.52. The van der Waals surface area contributed by atoms with Gasteiger partial charge in [-0.2, -0.15) is 0 Å². The largest absolute Gasteiger partial charge is 0.469 e. The number of para-hydroxylation sites is 1. The van der Waals surface area contributed by atoms with Crippen LogP contribution in [0.4, 0.5) is 0 Å². The van der Waals surface area contributed by atoms with Crippen LogP contribution in [0, 0.1) is 6.92 Å². The number of nitrogens with one attached hydrogen (secondary N) is 1. The van der Waals surface area contributed by atoms with Gasteiger partial charge in [-0.1, -0.05) is 25.1 Å². The minimum atomic E-state index is 0.121. The molecule has 0 amide bonds. The van der Waals surface area contributed by atoms with Gasteiger partial charge in [0.25, 0.3) is 0 Å². The van der Waals surface area contributed by atoms with Crippen LogP contribution in [0.2, 0.25) is 0 Å². The van der Waals surface area contributed by atoms with E-state index in [2.05, 4.69) is 29.4 Å². The summed E-state index contributed by atoms with van der Waals surface area (Å²) in [6.45, 7) is 4.99. The third-order valence-electron chi connectivity index (χ3n) is 3.56. The van der Waals surface area contributed by atoms with Gasteiger partial charge in [-0.15, -0.1) is 0 Å². The van der Waals surface area contributed by atoms with E-state index in [0.29, 0.717) is 0 Å². The first-order valence-corrected chi connectivity index (χ1v) is 6.91. The van der Waals surface area contributed by atoms with Crippen molar-refractivity contribution in [2.24, 2.45) is 0 Å². The van der Waals surface area contributed by atoms with Crippen LogP contribution in [0.5, 0.6) is 0 Å². The second-order valence-electron chi connectivity index (χ2n) is 4.88. The molecule has 102 valence electrons. The van der Waals surface area contributed by atoms with Crippen molar-refractivity contribution in [3.8, 4) is 0 Å². The molecule has 0 aliphatic carbocycles. The van der Waals surface area contributed by atoms with Crippen LogP contribution < -0.4 is 5.32 Å². The van der Waals surface area contributed by atoms with Gasteiger partial charge in [-0.05, 0) is 37.2 Å². The van der Waals surface area contributed by atoms with Gasteiger partial charge in [0.1, 0.15) is 5.76 Å². The van der Waals surface area contributed by atoms with Gasteiger partial charge < -0.3 is 9.73 Å². The molecule has 1 unspecified atom stereocenters. The second kappa shape index (κ2) is 5.47. The van der Waals surface area contributed by atoms with Crippen molar-refractivity contribution in [2.45, 2.75) is 19.9 Å². The van der Waals surface area contributed by atoms with Gasteiger partial charge >= 0.3 is 0 Å². The summed E-state index contributed by atoms with van der Waals surface area (Å²) in [6, 6.07) is 12.5. The fourth-order valence-corrected chi connectivity index (χ4v) is 2.55. The third-order valence-corrected chi connectivity index (χ3v) is 3.56. The molecule has 20 heavy (non-hydrogen) atoms. The molecule has 1 aromatic carbocycles. The summed E-state index contributed by atoms with van der Waals surface area (Å²) in [4.78, 5) is 4.55. The molecule has 0 radical (unpaired) electrons. The zero-order chi connectivity index (χ0) is 13.9. The monoisotopic (exact) mass is 266 g/mol. The molecule has 2 heterocycles. The van der Waals surface area contributed by atoms with E-state index < -0.39 is 0 Å². The van der Waals surface area contributed by atoms with Crippen molar-refractivity contribution in [3.05, 3.63) is 65.7 Å². The van der Waals surface area contributed by atoms with Crippen LogP contribution in [0.1, 0.15) is 29.9 Å². The number of furan rings is 1. The Morgan fingerprint density at radius 2 is 2.10 bits per heavy atom. The molecule has 3 nitrogen and oxygen atoms in total. The molecule has 0 saturated carbocycles. The van der Waals surface area contributed by atoms with Crippen LogP contribution in [0.15, 0.2) is 53.3 Å². The molecule has 0 saturated heterocycles. The Balaban J connectivity index is 2.07. The average molecular weight is 266 g/mol. The third kappa shape index (κ3) is 2.32. The van der Waals surface area contributed by atoms with E-state index in [4.69, 9.17) is 4.42 Å². The highest BCUT2D eigenvalue weighted by atomic mass is 16.3. The quantitative estimate of drug-likeness (QED) is 0.779. The molecule has 0 bridgehead atoms. The molecule has 0 fully saturated rings. The number of rotatable bonds is 4. The Bertz CT molecular complexity index is 718. The maximum Gasteiger partial charge on any atom is 0.105 e. The van der Waals surface area contributed by atoms with E-state index in [1.165, 1.54) is 5.56 Å². The Morgan fingerprint density at radius 1 is 1.25 bits per heavy atom. The average Bonchev–Trinajstić information content (AvgIpc) is 2.90. The highest BCUT2D eigenvalue weighted by Crippen LogP contribution is 2.27. The van der Waals surface area contributed by atoms with Crippen LogP contribution in [0.25, 0.3) is 10.9 Å². The van der Waals surface area contributed by atoms with Crippen molar-refractivity contribution in [3.63, 3.8) is 0 Å². The maximum atomic E-state index is 5.44. The lowest BCUT2D eigenvalue weighted by Gasteiger charge is -2.18. The predicted molar refractivity (Wildman–Crippen MR) is 80.7 cm³/mol. The minimum absolute atomic E-state index is 0.121. The number of nitrogens with zero attached hydrogens (tertiary/aromatic N) is 1. The molecule has 3 rings (SSSR count). The van der Waals surface area contributed by atoms with Crippen molar-refractivity contribution < 1.29 is 4.42 Å². The van der Waals surface area contributed by atoms with Gasteiger partial charge in [0.15, 0.2) is 0 Å². The standard InChI is InChI=1S/C17H18N2O/c1-3-18-17(15-8-9-20-12(15)2)14-10-13-6-4-5-7-16(13)19-11-14/h4-11,17-18H,3H2,1-2H3. The molecule has 3 heteroatoms. The Hall–Kier alpha value is -2.13. The van der Waals surface area contributed by atoms with Crippen LogP contribution in [-0.2, 0) is 0 Å². The van der Waals surface area contributed by atoms with Crippen LogP contribution in [0.3, 0.4) is 0 Å². The van der Waals surface area contributed by atoms with Gasteiger partial charge in [-0.25, -0.2) is 0 Å². The second-order valence-corrected chi connectivity index (χ2v) is 4.88. The lowest BCUT2D eigenvalue weighted by Crippen LogP contribution is -2.22. The van der Waals surface area contributed by atoms with E-state index in [1.807, 2.05) is 37.4 Å². The Labute approximate surface area is 118 Å². The summed E-state index contributed by atoms with van der Waals surface area (Å²) < 4.78 is 5.44. The number of fused-ring (bicyclic) bond motifs is 1. The maximum absolute atomic E-state index is 5.44. The number of aromatic nitrogens is 1. The smallest absolute Gasteiger partial charge is 0.105 e. The van der Waals surface area contributed by atoms with Crippen molar-refractivity contribution in [1.29, 1.82) is 0 Å². The lowest BCUT2D eigenvalue weighted by molar-refractivity contribution is 0.520. The normalized spacial score (nSPS) is 12.7. The molecule has 2 aromatic heterocycles. The van der Waals surface area contributed by atoms with Crippen LogP contribution in [-0.4, -0.2) is 11.5 Å². The SMILES string of the molecule is CCNC(c1cnc2ccccc2c1)c1ccoc1C. The summed E-state index contributed by atoms with van der Waals surface area (Å²) in [6.07, 6.45) is 3.69. The summed E-state index contributed by atoms with van der Waals surface area (Å²) >= 11 is 0. The van der Waals surface area contributed by atoms with Crippen molar-refractivity contribution in [2.75, 3.05) is 6.54 Å². The van der Waals surface area contributed by atoms with Gasteiger partial charge in [0.2, 0.25) is 0 Å². The zero-order valence-corrected chi connectivity index (χ0v) is 11.8. The van der Waals surface area contributed by atoms with Crippen molar-refractivity contribution in [1.82, 2.24) is 10.3 Å².